The van der Waals surface area contributed by atoms with Crippen LogP contribution in [0.25, 0.3) is 0 Å². The van der Waals surface area contributed by atoms with E-state index in [4.69, 9.17) is 9.47 Å². The number of thioether (sulfide) groups is 1. The number of hydrogen-bond acceptors (Lipinski definition) is 5. The molecule has 4 aliphatic heterocycles. The van der Waals surface area contributed by atoms with Gasteiger partial charge in [0.25, 0.3) is 0 Å². The Bertz CT molecular complexity index is 313. The number of rotatable bonds is 2. The van der Waals surface area contributed by atoms with Crippen molar-refractivity contribution in [3.63, 3.8) is 0 Å². The molecule has 4 fully saturated rings. The summed E-state index contributed by atoms with van der Waals surface area (Å²) in [5.74, 6) is 0. The van der Waals surface area contributed by atoms with Crippen LogP contribution in [0.15, 0.2) is 0 Å². The van der Waals surface area contributed by atoms with Crippen LogP contribution in [-0.2, 0) is 9.47 Å². The Labute approximate surface area is 132 Å². The Morgan fingerprint density at radius 1 is 0.619 bits per heavy atom. The lowest BCUT2D eigenvalue weighted by atomic mass is 9.89. The minimum Gasteiger partial charge on any atom is -0.379 e. The quantitative estimate of drug-likeness (QED) is 0.768. The molecule has 0 saturated carbocycles. The topological polar surface area (TPSA) is 24.9 Å². The Hall–Kier alpha value is 0.190. The molecule has 0 aromatic carbocycles. The largest absolute Gasteiger partial charge is 0.379 e. The van der Waals surface area contributed by atoms with Crippen molar-refractivity contribution in [1.29, 1.82) is 0 Å². The van der Waals surface area contributed by atoms with Crippen LogP contribution in [0.2, 0.25) is 0 Å². The summed E-state index contributed by atoms with van der Waals surface area (Å²) < 4.78 is 11.0. The van der Waals surface area contributed by atoms with E-state index in [-0.39, 0.29) is 0 Å². The molecule has 4 rings (SSSR count). The summed E-state index contributed by atoms with van der Waals surface area (Å²) in [7, 11) is 0. The summed E-state index contributed by atoms with van der Waals surface area (Å²) in [6.07, 6.45) is 5.63. The second-order valence-electron chi connectivity index (χ2n) is 6.80. The van der Waals surface area contributed by atoms with E-state index in [0.717, 1.165) is 75.2 Å². The summed E-state index contributed by atoms with van der Waals surface area (Å²) in [6.45, 7) is 8.36. The van der Waals surface area contributed by atoms with Gasteiger partial charge in [-0.1, -0.05) is 0 Å². The molecule has 0 radical (unpaired) electrons. The van der Waals surface area contributed by atoms with Gasteiger partial charge in [-0.05, 0) is 25.7 Å². The average molecular weight is 312 g/mol. The maximum Gasteiger partial charge on any atom is 0.0594 e. The van der Waals surface area contributed by atoms with E-state index in [2.05, 4.69) is 21.6 Å². The fourth-order valence-electron chi connectivity index (χ4n) is 4.62. The van der Waals surface area contributed by atoms with Crippen LogP contribution >= 0.6 is 11.8 Å². The predicted octanol–water partition coefficient (Wildman–Crippen LogP) is 1.45. The van der Waals surface area contributed by atoms with Crippen molar-refractivity contribution in [3.8, 4) is 0 Å². The third-order valence-electron chi connectivity index (χ3n) is 5.73. The normalized spacial score (nSPS) is 42.9. The summed E-state index contributed by atoms with van der Waals surface area (Å²) in [5, 5.41) is 1.75. The molecule has 0 spiro atoms. The highest BCUT2D eigenvalue weighted by molar-refractivity contribution is 8.00. The molecular weight excluding hydrogens is 284 g/mol. The summed E-state index contributed by atoms with van der Waals surface area (Å²) in [5.41, 5.74) is 0. The first-order chi connectivity index (χ1) is 10.4. The second-order valence-corrected chi connectivity index (χ2v) is 8.28. The van der Waals surface area contributed by atoms with Gasteiger partial charge in [0, 0.05) is 48.8 Å². The molecule has 0 aromatic rings. The van der Waals surface area contributed by atoms with E-state index in [1.165, 1.54) is 25.7 Å². The van der Waals surface area contributed by atoms with Gasteiger partial charge in [0.05, 0.1) is 26.4 Å². The van der Waals surface area contributed by atoms with Crippen molar-refractivity contribution in [2.45, 2.75) is 48.3 Å². The molecule has 0 amide bonds. The monoisotopic (exact) mass is 312 g/mol. The minimum atomic E-state index is 0.820. The average Bonchev–Trinajstić information content (AvgIpc) is 2.57. The van der Waals surface area contributed by atoms with E-state index in [1.54, 1.807) is 0 Å². The third kappa shape index (κ3) is 3.13. The first-order valence-electron chi connectivity index (χ1n) is 8.71. The molecule has 4 heterocycles. The summed E-state index contributed by atoms with van der Waals surface area (Å²) in [4.78, 5) is 5.43. The minimum absolute atomic E-state index is 0.820. The number of ether oxygens (including phenoxy) is 2. The van der Waals surface area contributed by atoms with Gasteiger partial charge in [-0.25, -0.2) is 0 Å². The highest BCUT2D eigenvalue weighted by atomic mass is 32.2. The van der Waals surface area contributed by atoms with Crippen LogP contribution in [0.1, 0.15) is 25.7 Å². The fraction of sp³-hybridized carbons (Fsp3) is 1.00. The Kier molecular flexibility index (Phi) is 4.74. The van der Waals surface area contributed by atoms with E-state index in [0.29, 0.717) is 0 Å². The van der Waals surface area contributed by atoms with Crippen molar-refractivity contribution in [3.05, 3.63) is 0 Å². The zero-order chi connectivity index (χ0) is 14.1. The molecule has 4 aliphatic rings. The number of hydrogen-bond donors (Lipinski definition) is 0. The molecular formula is C16H28N2O2S. The predicted molar refractivity (Wildman–Crippen MR) is 86.0 cm³/mol. The van der Waals surface area contributed by atoms with Crippen molar-refractivity contribution in [1.82, 2.24) is 9.80 Å². The van der Waals surface area contributed by atoms with Gasteiger partial charge in [-0.2, -0.15) is 11.8 Å². The molecule has 4 nitrogen and oxygen atoms in total. The highest BCUT2D eigenvalue weighted by Gasteiger charge is 2.43. The molecule has 21 heavy (non-hydrogen) atoms. The van der Waals surface area contributed by atoms with E-state index in [9.17, 15) is 0 Å². The summed E-state index contributed by atoms with van der Waals surface area (Å²) in [6, 6.07) is 1.64. The van der Waals surface area contributed by atoms with Crippen LogP contribution in [0, 0.1) is 0 Å². The van der Waals surface area contributed by atoms with Crippen LogP contribution in [0.3, 0.4) is 0 Å². The first kappa shape index (κ1) is 14.8. The van der Waals surface area contributed by atoms with E-state index in [1.807, 2.05) is 0 Å². The zero-order valence-electron chi connectivity index (χ0n) is 12.9. The first-order valence-corrected chi connectivity index (χ1v) is 9.65. The molecule has 0 N–H and O–H groups in total. The molecule has 4 saturated heterocycles. The molecule has 4 atom stereocenters. The van der Waals surface area contributed by atoms with Gasteiger partial charge in [0.2, 0.25) is 0 Å². The maximum absolute atomic E-state index is 5.52. The highest BCUT2D eigenvalue weighted by Crippen LogP contribution is 2.45. The Balaban J connectivity index is 1.37. The van der Waals surface area contributed by atoms with Crippen LogP contribution in [0.5, 0.6) is 0 Å². The fourth-order valence-corrected chi connectivity index (χ4v) is 6.59. The van der Waals surface area contributed by atoms with Crippen LogP contribution in [0.4, 0.5) is 0 Å². The SMILES string of the molecule is C1CN([C@H]2CC[C@H]3S[C@H]2CC[C@@H]3N2CCOCC2)CCO1. The molecule has 5 heteroatoms. The van der Waals surface area contributed by atoms with Gasteiger partial charge < -0.3 is 9.47 Å². The van der Waals surface area contributed by atoms with Crippen LogP contribution in [-0.4, -0.2) is 85.0 Å². The summed E-state index contributed by atoms with van der Waals surface area (Å²) >= 11 is 2.31. The maximum atomic E-state index is 5.52. The number of fused-ring (bicyclic) bond motifs is 2. The van der Waals surface area contributed by atoms with Crippen molar-refractivity contribution >= 4 is 11.8 Å². The lowest BCUT2D eigenvalue weighted by Gasteiger charge is -2.51. The molecule has 0 aliphatic carbocycles. The molecule has 2 bridgehead atoms. The second kappa shape index (κ2) is 6.75. The smallest absolute Gasteiger partial charge is 0.0594 e. The molecule has 120 valence electrons. The van der Waals surface area contributed by atoms with Crippen molar-refractivity contribution in [2.75, 3.05) is 52.6 Å². The zero-order valence-corrected chi connectivity index (χ0v) is 13.7. The van der Waals surface area contributed by atoms with Gasteiger partial charge in [-0.3, -0.25) is 9.80 Å². The standard InChI is InChI=1S/C16H28N2O2S/c1-3-15-14(18-7-11-20-12-8-18)2-4-16(21-15)13(1)17-5-9-19-10-6-17/h13-16H,1-12H2/t13-,14-,15-,16+/m0/s1. The third-order valence-corrected chi connectivity index (χ3v) is 7.53. The van der Waals surface area contributed by atoms with Gasteiger partial charge in [0.1, 0.15) is 0 Å². The van der Waals surface area contributed by atoms with Gasteiger partial charge in [-0.15, -0.1) is 0 Å². The van der Waals surface area contributed by atoms with Crippen LogP contribution < -0.4 is 0 Å². The molecule has 0 aromatic heterocycles. The van der Waals surface area contributed by atoms with E-state index >= 15 is 0 Å². The van der Waals surface area contributed by atoms with Gasteiger partial charge in [0.15, 0.2) is 0 Å². The lowest BCUT2D eigenvalue weighted by molar-refractivity contribution is -0.00254. The molecule has 0 unspecified atom stereocenters. The number of nitrogens with zero attached hydrogens (tertiary/aromatic N) is 2. The van der Waals surface area contributed by atoms with Crippen molar-refractivity contribution < 1.29 is 9.47 Å². The van der Waals surface area contributed by atoms with E-state index < -0.39 is 0 Å². The Morgan fingerprint density at radius 2 is 1.05 bits per heavy atom. The Morgan fingerprint density at radius 3 is 1.48 bits per heavy atom. The van der Waals surface area contributed by atoms with Gasteiger partial charge >= 0.3 is 0 Å². The van der Waals surface area contributed by atoms with Crippen molar-refractivity contribution in [2.24, 2.45) is 0 Å². The number of morpholine rings is 2. The lowest BCUT2D eigenvalue weighted by Crippen LogP contribution is -2.57.